The van der Waals surface area contributed by atoms with Gasteiger partial charge in [-0.15, -0.1) is 0 Å². The maximum Gasteiger partial charge on any atom is 0.328 e. The van der Waals surface area contributed by atoms with Crippen LogP contribution in [0.1, 0.15) is 97.3 Å². The minimum Gasteiger partial charge on any atom is -0.478 e. The van der Waals surface area contributed by atoms with Crippen molar-refractivity contribution in [2.24, 2.45) is 5.92 Å². The van der Waals surface area contributed by atoms with Crippen molar-refractivity contribution in [3.8, 4) is 0 Å². The van der Waals surface area contributed by atoms with Gasteiger partial charge in [-0.05, 0) is 38.0 Å². The number of hydrogen-bond acceptors (Lipinski definition) is 1. The molecule has 3 heteroatoms. The average Bonchev–Trinajstić information content (AvgIpc) is 2.52. The highest BCUT2D eigenvalue weighted by Crippen LogP contribution is 2.25. The Morgan fingerprint density at radius 3 is 2.26 bits per heavy atom. The summed E-state index contributed by atoms with van der Waals surface area (Å²) in [5, 5.41) is 10.2. The number of aliphatic carboxylic acids is 1. The van der Waals surface area contributed by atoms with Gasteiger partial charge in [0.1, 0.15) is 0 Å². The molecule has 1 atom stereocenters. The quantitative estimate of drug-likeness (QED) is 0.173. The van der Waals surface area contributed by atoms with Crippen molar-refractivity contribution in [3.63, 3.8) is 0 Å². The number of alkyl halides is 1. The maximum absolute atomic E-state index is 11.0. The summed E-state index contributed by atoms with van der Waals surface area (Å²) in [6, 6.07) is 0. The first-order chi connectivity index (χ1) is 11.1. The molecule has 0 heterocycles. The van der Waals surface area contributed by atoms with Crippen molar-refractivity contribution in [2.45, 2.75) is 97.3 Å². The van der Waals surface area contributed by atoms with E-state index < -0.39 is 5.97 Å². The van der Waals surface area contributed by atoms with Crippen LogP contribution in [0.2, 0.25) is 0 Å². The Balaban J connectivity index is 4.26. The van der Waals surface area contributed by atoms with E-state index >= 15 is 0 Å². The number of carboxylic acid groups (broad SMARTS) is 1. The Morgan fingerprint density at radius 2 is 1.65 bits per heavy atom. The molecule has 0 amide bonds. The zero-order valence-corrected chi connectivity index (χ0v) is 16.9. The Bertz CT molecular complexity index is 313. The highest BCUT2D eigenvalue weighted by Gasteiger charge is 2.10. The van der Waals surface area contributed by atoms with Crippen LogP contribution < -0.4 is 0 Å². The van der Waals surface area contributed by atoms with Crippen LogP contribution in [0, 0.1) is 5.92 Å². The summed E-state index contributed by atoms with van der Waals surface area (Å²) >= 11 is 3.49. The number of unbranched alkanes of at least 4 members (excludes halogenated alkanes) is 5. The Labute approximate surface area is 152 Å². The summed E-state index contributed by atoms with van der Waals surface area (Å²) in [5.41, 5.74) is 1.15. The summed E-state index contributed by atoms with van der Waals surface area (Å²) in [7, 11) is 0. The van der Waals surface area contributed by atoms with Crippen molar-refractivity contribution in [3.05, 3.63) is 11.6 Å². The fourth-order valence-electron chi connectivity index (χ4n) is 3.16. The second-order valence-electron chi connectivity index (χ2n) is 6.68. The van der Waals surface area contributed by atoms with E-state index in [1.165, 1.54) is 63.9 Å². The molecule has 136 valence electrons. The third kappa shape index (κ3) is 15.0. The van der Waals surface area contributed by atoms with E-state index in [1.807, 2.05) is 0 Å². The lowest BCUT2D eigenvalue weighted by Crippen LogP contribution is -2.03. The summed E-state index contributed by atoms with van der Waals surface area (Å²) in [6.07, 6.45) is 17.1. The highest BCUT2D eigenvalue weighted by molar-refractivity contribution is 9.09. The number of hydrogen-bond donors (Lipinski definition) is 1. The highest BCUT2D eigenvalue weighted by atomic mass is 79.9. The molecule has 0 aliphatic heterocycles. The molecule has 0 rings (SSSR count). The first-order valence-electron chi connectivity index (χ1n) is 9.62. The molecule has 1 unspecified atom stereocenters. The molecule has 0 bridgehead atoms. The third-order valence-corrected chi connectivity index (χ3v) is 5.06. The second kappa shape index (κ2) is 16.5. The largest absolute Gasteiger partial charge is 0.478 e. The molecule has 0 aliphatic carbocycles. The van der Waals surface area contributed by atoms with Gasteiger partial charge in [-0.1, -0.05) is 86.7 Å². The molecular weight excluding hydrogens is 352 g/mol. The number of allylic oxidation sites excluding steroid dienone is 1. The SMILES string of the molecule is CCCCCC/C(=C\C(=O)O)CCC(CCC)CCCCCBr. The van der Waals surface area contributed by atoms with E-state index in [4.69, 9.17) is 5.11 Å². The molecule has 0 saturated heterocycles. The van der Waals surface area contributed by atoms with Crippen molar-refractivity contribution in [1.82, 2.24) is 0 Å². The van der Waals surface area contributed by atoms with Crippen LogP contribution in [0.4, 0.5) is 0 Å². The van der Waals surface area contributed by atoms with Crippen LogP contribution in [0.15, 0.2) is 11.6 Å². The Hall–Kier alpha value is -0.310. The lowest BCUT2D eigenvalue weighted by molar-refractivity contribution is -0.131. The molecule has 0 aliphatic rings. The van der Waals surface area contributed by atoms with Crippen molar-refractivity contribution >= 4 is 21.9 Å². The average molecular weight is 389 g/mol. The Morgan fingerprint density at radius 1 is 0.913 bits per heavy atom. The van der Waals surface area contributed by atoms with Crippen LogP contribution in [0.25, 0.3) is 0 Å². The Kier molecular flexibility index (Phi) is 16.3. The van der Waals surface area contributed by atoms with Gasteiger partial charge in [0.05, 0.1) is 0 Å². The van der Waals surface area contributed by atoms with E-state index in [9.17, 15) is 4.79 Å². The standard InChI is InChI=1S/C20H37BrO2/c1-3-5-6-8-13-19(17-20(22)23)15-14-18(11-4-2)12-9-7-10-16-21/h17-18H,3-16H2,1-2H3,(H,22,23)/b19-17+. The third-order valence-electron chi connectivity index (χ3n) is 4.50. The molecule has 0 aromatic carbocycles. The first-order valence-corrected chi connectivity index (χ1v) is 10.7. The molecule has 0 saturated carbocycles. The lowest BCUT2D eigenvalue weighted by atomic mass is 9.89. The van der Waals surface area contributed by atoms with Crippen molar-refractivity contribution < 1.29 is 9.90 Å². The normalized spacial score (nSPS) is 13.3. The molecule has 0 aromatic heterocycles. The number of carboxylic acids is 1. The van der Waals surface area contributed by atoms with Crippen LogP contribution in [0.5, 0.6) is 0 Å². The zero-order chi connectivity index (χ0) is 17.3. The van der Waals surface area contributed by atoms with E-state index in [-0.39, 0.29) is 0 Å². The lowest BCUT2D eigenvalue weighted by Gasteiger charge is -2.17. The predicted molar refractivity (Wildman–Crippen MR) is 104 cm³/mol. The number of halogens is 1. The van der Waals surface area contributed by atoms with Crippen LogP contribution >= 0.6 is 15.9 Å². The smallest absolute Gasteiger partial charge is 0.328 e. The van der Waals surface area contributed by atoms with E-state index in [1.54, 1.807) is 0 Å². The second-order valence-corrected chi connectivity index (χ2v) is 7.48. The van der Waals surface area contributed by atoms with Crippen molar-refractivity contribution in [1.29, 1.82) is 0 Å². The van der Waals surface area contributed by atoms with Gasteiger partial charge in [-0.25, -0.2) is 4.79 Å². The predicted octanol–water partition coefficient (Wildman–Crippen LogP) is 7.12. The summed E-state index contributed by atoms with van der Waals surface area (Å²) in [6.45, 7) is 4.46. The van der Waals surface area contributed by atoms with Gasteiger partial charge in [0.15, 0.2) is 0 Å². The van der Waals surface area contributed by atoms with Crippen molar-refractivity contribution in [2.75, 3.05) is 5.33 Å². The molecule has 0 aromatic rings. The summed E-state index contributed by atoms with van der Waals surface area (Å²) in [5.74, 6) is -0.0111. The van der Waals surface area contributed by atoms with Gasteiger partial charge < -0.3 is 5.11 Å². The zero-order valence-electron chi connectivity index (χ0n) is 15.3. The van der Waals surface area contributed by atoms with Gasteiger partial charge >= 0.3 is 5.97 Å². The van der Waals surface area contributed by atoms with Gasteiger partial charge in [-0.3, -0.25) is 0 Å². The molecule has 1 N–H and O–H groups in total. The van der Waals surface area contributed by atoms with E-state index in [0.717, 1.165) is 42.5 Å². The topological polar surface area (TPSA) is 37.3 Å². The summed E-state index contributed by atoms with van der Waals surface area (Å²) < 4.78 is 0. The first kappa shape index (κ1) is 22.7. The molecular formula is C20H37BrO2. The van der Waals surface area contributed by atoms with Crippen LogP contribution in [-0.4, -0.2) is 16.4 Å². The van der Waals surface area contributed by atoms with E-state index in [0.29, 0.717) is 0 Å². The molecule has 0 fully saturated rings. The van der Waals surface area contributed by atoms with E-state index in [2.05, 4.69) is 29.8 Å². The van der Waals surface area contributed by atoms with Gasteiger partial charge in [-0.2, -0.15) is 0 Å². The molecule has 0 spiro atoms. The summed E-state index contributed by atoms with van der Waals surface area (Å²) in [4.78, 5) is 11.0. The van der Waals surface area contributed by atoms with Gasteiger partial charge in [0, 0.05) is 11.4 Å². The fourth-order valence-corrected chi connectivity index (χ4v) is 3.55. The van der Waals surface area contributed by atoms with Crippen LogP contribution in [0.3, 0.4) is 0 Å². The minimum absolute atomic E-state index is 0.767. The number of carbonyl (C=O) groups is 1. The van der Waals surface area contributed by atoms with Crippen LogP contribution in [-0.2, 0) is 4.79 Å². The molecule has 0 radical (unpaired) electrons. The maximum atomic E-state index is 11.0. The monoisotopic (exact) mass is 388 g/mol. The fraction of sp³-hybridized carbons (Fsp3) is 0.850. The molecule has 2 nitrogen and oxygen atoms in total. The van der Waals surface area contributed by atoms with Gasteiger partial charge in [0.2, 0.25) is 0 Å². The molecule has 23 heavy (non-hydrogen) atoms. The minimum atomic E-state index is -0.778. The number of rotatable bonds is 16. The van der Waals surface area contributed by atoms with Gasteiger partial charge in [0.25, 0.3) is 0 Å².